The van der Waals surface area contributed by atoms with Crippen LogP contribution in [-0.4, -0.2) is 6.17 Å². The molecule has 6 heavy (non-hydrogen) atoms. The van der Waals surface area contributed by atoms with Crippen LogP contribution in [0.3, 0.4) is 0 Å². The van der Waals surface area contributed by atoms with Crippen LogP contribution in [0.4, 0.5) is 4.39 Å². The van der Waals surface area contributed by atoms with E-state index in [4.69, 9.17) is 0 Å². The highest BCUT2D eigenvalue weighted by molar-refractivity contribution is 4.82. The molecule has 0 bridgehead atoms. The molecule has 0 spiro atoms. The van der Waals surface area contributed by atoms with Gasteiger partial charge in [-0.3, -0.25) is 0 Å². The molecule has 1 unspecified atom stereocenters. The molecule has 0 nitrogen and oxygen atoms in total. The lowest BCUT2D eigenvalue weighted by Crippen LogP contribution is -1.79. The van der Waals surface area contributed by atoms with Gasteiger partial charge in [0, 0.05) is 0 Å². The normalized spacial score (nSPS) is 15.8. The van der Waals surface area contributed by atoms with Crippen molar-refractivity contribution in [3.8, 4) is 0 Å². The SMILES string of the molecule is C/C=C/C(C)F. The molecular weight excluding hydrogens is 79.1 g/mol. The molecular formula is C5H9F. The van der Waals surface area contributed by atoms with Crippen molar-refractivity contribution in [2.75, 3.05) is 0 Å². The van der Waals surface area contributed by atoms with Crippen LogP contribution in [0.15, 0.2) is 12.2 Å². The Labute approximate surface area is 37.7 Å². The van der Waals surface area contributed by atoms with Gasteiger partial charge in [0.25, 0.3) is 0 Å². The van der Waals surface area contributed by atoms with E-state index in [1.54, 1.807) is 13.0 Å². The zero-order valence-corrected chi connectivity index (χ0v) is 4.11. The summed E-state index contributed by atoms with van der Waals surface area (Å²) in [5.41, 5.74) is 0. The Morgan fingerprint density at radius 3 is 2.17 bits per heavy atom. The van der Waals surface area contributed by atoms with Crippen LogP contribution in [0.1, 0.15) is 13.8 Å². The number of allylic oxidation sites excluding steroid dienone is 2. The highest BCUT2D eigenvalue weighted by atomic mass is 19.1. The fraction of sp³-hybridized carbons (Fsp3) is 0.600. The van der Waals surface area contributed by atoms with Gasteiger partial charge < -0.3 is 0 Å². The Morgan fingerprint density at radius 2 is 2.17 bits per heavy atom. The Morgan fingerprint density at radius 1 is 1.67 bits per heavy atom. The van der Waals surface area contributed by atoms with E-state index in [0.717, 1.165) is 0 Å². The Balaban J connectivity index is 3.03. The van der Waals surface area contributed by atoms with Gasteiger partial charge in [-0.1, -0.05) is 12.2 Å². The van der Waals surface area contributed by atoms with Gasteiger partial charge in [0.2, 0.25) is 0 Å². The summed E-state index contributed by atoms with van der Waals surface area (Å²) >= 11 is 0. The third-order valence-electron chi connectivity index (χ3n) is 0.458. The highest BCUT2D eigenvalue weighted by Gasteiger charge is 1.81. The summed E-state index contributed by atoms with van der Waals surface area (Å²) in [7, 11) is 0. The van der Waals surface area contributed by atoms with Crippen molar-refractivity contribution >= 4 is 0 Å². The highest BCUT2D eigenvalue weighted by Crippen LogP contribution is 1.86. The maximum absolute atomic E-state index is 11.6. The van der Waals surface area contributed by atoms with Crippen molar-refractivity contribution in [1.29, 1.82) is 0 Å². The number of hydrogen-bond acceptors (Lipinski definition) is 0. The minimum atomic E-state index is -0.782. The molecule has 0 aromatic heterocycles. The molecule has 0 saturated carbocycles. The lowest BCUT2D eigenvalue weighted by molar-refractivity contribution is 0.430. The van der Waals surface area contributed by atoms with Crippen LogP contribution in [-0.2, 0) is 0 Å². The predicted molar refractivity (Wildman–Crippen MR) is 25.4 cm³/mol. The molecule has 0 aliphatic rings. The van der Waals surface area contributed by atoms with E-state index in [-0.39, 0.29) is 0 Å². The van der Waals surface area contributed by atoms with Crippen LogP contribution in [0, 0.1) is 0 Å². The van der Waals surface area contributed by atoms with Crippen molar-refractivity contribution in [3.05, 3.63) is 12.2 Å². The summed E-state index contributed by atoms with van der Waals surface area (Å²) in [6, 6.07) is 0. The topological polar surface area (TPSA) is 0 Å². The second-order valence-corrected chi connectivity index (χ2v) is 1.20. The van der Waals surface area contributed by atoms with Gasteiger partial charge in [-0.2, -0.15) is 0 Å². The Bertz CT molecular complexity index is 45.9. The minimum Gasteiger partial charge on any atom is -0.243 e. The second kappa shape index (κ2) is 2.88. The molecule has 0 heterocycles. The number of alkyl halides is 1. The van der Waals surface area contributed by atoms with E-state index < -0.39 is 6.17 Å². The molecule has 0 fully saturated rings. The van der Waals surface area contributed by atoms with Gasteiger partial charge in [-0.05, 0) is 13.8 Å². The number of halogens is 1. The molecule has 0 rings (SSSR count). The molecule has 0 saturated heterocycles. The molecule has 1 atom stereocenters. The number of hydrogen-bond donors (Lipinski definition) is 0. The monoisotopic (exact) mass is 88.1 g/mol. The van der Waals surface area contributed by atoms with Crippen molar-refractivity contribution in [2.45, 2.75) is 20.0 Å². The average molecular weight is 88.1 g/mol. The summed E-state index contributed by atoms with van der Waals surface area (Å²) in [6.07, 6.45) is 2.42. The lowest BCUT2D eigenvalue weighted by Gasteiger charge is -1.82. The predicted octanol–water partition coefficient (Wildman–Crippen LogP) is 1.92. The van der Waals surface area contributed by atoms with Crippen LogP contribution in [0.25, 0.3) is 0 Å². The molecule has 1 heteroatoms. The first-order valence-corrected chi connectivity index (χ1v) is 2.04. The summed E-state index contributed by atoms with van der Waals surface area (Å²) in [5, 5.41) is 0. The van der Waals surface area contributed by atoms with Gasteiger partial charge in [0.1, 0.15) is 6.17 Å². The molecule has 0 aromatic rings. The summed E-state index contributed by atoms with van der Waals surface area (Å²) in [5.74, 6) is 0. The maximum Gasteiger partial charge on any atom is 0.115 e. The van der Waals surface area contributed by atoms with Crippen molar-refractivity contribution in [2.24, 2.45) is 0 Å². The zero-order chi connectivity index (χ0) is 4.99. The molecule has 0 aliphatic carbocycles. The molecule has 0 N–H and O–H groups in total. The van der Waals surface area contributed by atoms with Crippen molar-refractivity contribution < 1.29 is 4.39 Å². The fourth-order valence-corrected chi connectivity index (χ4v) is 0.265. The standard InChI is InChI=1S/C5H9F/c1-3-4-5(2)6/h3-5H,1-2H3/b4-3+. The summed E-state index contributed by atoms with van der Waals surface area (Å²) < 4.78 is 11.6. The fourth-order valence-electron chi connectivity index (χ4n) is 0.265. The van der Waals surface area contributed by atoms with Gasteiger partial charge in [0.15, 0.2) is 0 Å². The van der Waals surface area contributed by atoms with Gasteiger partial charge in [0.05, 0.1) is 0 Å². The maximum atomic E-state index is 11.6. The van der Waals surface area contributed by atoms with E-state index in [2.05, 4.69) is 0 Å². The molecule has 0 aliphatic heterocycles. The van der Waals surface area contributed by atoms with Gasteiger partial charge in [-0.15, -0.1) is 0 Å². The van der Waals surface area contributed by atoms with E-state index in [9.17, 15) is 4.39 Å². The molecule has 36 valence electrons. The third-order valence-corrected chi connectivity index (χ3v) is 0.458. The van der Waals surface area contributed by atoms with E-state index in [1.807, 2.05) is 0 Å². The van der Waals surface area contributed by atoms with E-state index in [0.29, 0.717) is 0 Å². The molecule has 0 radical (unpaired) electrons. The van der Waals surface area contributed by atoms with E-state index >= 15 is 0 Å². The first kappa shape index (κ1) is 5.67. The molecule has 0 amide bonds. The first-order chi connectivity index (χ1) is 2.77. The van der Waals surface area contributed by atoms with E-state index in [1.165, 1.54) is 13.0 Å². The average Bonchev–Trinajstić information content (AvgIpc) is 1.35. The van der Waals surface area contributed by atoms with Gasteiger partial charge in [-0.25, -0.2) is 4.39 Å². The van der Waals surface area contributed by atoms with Crippen LogP contribution in [0.2, 0.25) is 0 Å². The minimum absolute atomic E-state index is 0.782. The van der Waals surface area contributed by atoms with Crippen LogP contribution >= 0.6 is 0 Å². The summed E-state index contributed by atoms with van der Waals surface area (Å²) in [6.45, 7) is 3.30. The zero-order valence-electron chi connectivity index (χ0n) is 4.11. The molecule has 0 aromatic carbocycles. The number of rotatable bonds is 1. The quantitative estimate of drug-likeness (QED) is 0.429. The van der Waals surface area contributed by atoms with Crippen LogP contribution in [0.5, 0.6) is 0 Å². The largest absolute Gasteiger partial charge is 0.243 e. The van der Waals surface area contributed by atoms with Gasteiger partial charge >= 0.3 is 0 Å². The smallest absolute Gasteiger partial charge is 0.115 e. The third kappa shape index (κ3) is 3.67. The Kier molecular flexibility index (Phi) is 2.73. The second-order valence-electron chi connectivity index (χ2n) is 1.20. The Hall–Kier alpha value is -0.330. The van der Waals surface area contributed by atoms with Crippen molar-refractivity contribution in [1.82, 2.24) is 0 Å². The van der Waals surface area contributed by atoms with Crippen molar-refractivity contribution in [3.63, 3.8) is 0 Å². The summed E-state index contributed by atoms with van der Waals surface area (Å²) in [4.78, 5) is 0. The van der Waals surface area contributed by atoms with Crippen LogP contribution < -0.4 is 0 Å². The lowest BCUT2D eigenvalue weighted by atomic mass is 10.4. The first-order valence-electron chi connectivity index (χ1n) is 2.04.